The highest BCUT2D eigenvalue weighted by Gasteiger charge is 2.15. The molecule has 3 rings (SSSR count). The third-order valence-corrected chi connectivity index (χ3v) is 4.26. The van der Waals surface area contributed by atoms with Gasteiger partial charge in [0.1, 0.15) is 0 Å². The third kappa shape index (κ3) is 2.15. The number of aliphatic imine (C=N–C) groups is 1. The number of fused-ring (bicyclic) bond motifs is 1. The Morgan fingerprint density at radius 2 is 2.32 bits per heavy atom. The van der Waals surface area contributed by atoms with Crippen LogP contribution in [0, 0.1) is 3.95 Å². The lowest BCUT2D eigenvalue weighted by Gasteiger charge is -2.04. The van der Waals surface area contributed by atoms with E-state index in [-0.39, 0.29) is 5.88 Å². The van der Waals surface area contributed by atoms with E-state index >= 15 is 0 Å². The number of aromatic nitrogens is 1. The molecule has 0 saturated carbocycles. The zero-order chi connectivity index (χ0) is 13.4. The second kappa shape index (κ2) is 4.75. The van der Waals surface area contributed by atoms with Crippen molar-refractivity contribution in [1.29, 1.82) is 0 Å². The molecular weight excluding hydrogens is 276 g/mol. The van der Waals surface area contributed by atoms with Crippen molar-refractivity contribution < 1.29 is 5.11 Å². The van der Waals surface area contributed by atoms with E-state index in [2.05, 4.69) is 29.0 Å². The average Bonchev–Trinajstić information content (AvgIpc) is 2.94. The Kier molecular flexibility index (Phi) is 3.08. The maximum Gasteiger partial charge on any atom is 0.207 e. The molecule has 0 saturated heterocycles. The first-order valence-electron chi connectivity index (χ1n) is 5.99. The number of aromatic hydroxyl groups is 1. The van der Waals surface area contributed by atoms with Gasteiger partial charge >= 0.3 is 0 Å². The molecule has 0 fully saturated rings. The first-order chi connectivity index (χ1) is 9.19. The van der Waals surface area contributed by atoms with Gasteiger partial charge in [0, 0.05) is 17.4 Å². The number of allylic oxidation sites excluding steroid dienone is 1. The monoisotopic (exact) mass is 288 g/mol. The number of rotatable bonds is 2. The van der Waals surface area contributed by atoms with Gasteiger partial charge in [0.2, 0.25) is 5.88 Å². The second-order valence-electron chi connectivity index (χ2n) is 4.25. The Morgan fingerprint density at radius 3 is 3.00 bits per heavy atom. The van der Waals surface area contributed by atoms with E-state index in [1.807, 2.05) is 18.4 Å². The van der Waals surface area contributed by atoms with Crippen molar-refractivity contribution in [3.05, 3.63) is 38.2 Å². The van der Waals surface area contributed by atoms with E-state index in [0.29, 0.717) is 3.95 Å². The highest BCUT2D eigenvalue weighted by molar-refractivity contribution is 7.73. The summed E-state index contributed by atoms with van der Waals surface area (Å²) in [5.74, 6) is 0.121. The first-order valence-corrected chi connectivity index (χ1v) is 7.21. The number of nitrogens with one attached hydrogen (secondary N) is 1. The molecule has 2 N–H and O–H groups in total. The molecule has 96 valence electrons. The molecule has 5 heteroatoms. The Bertz CT molecular complexity index is 753. The normalized spacial score (nSPS) is 15.1. The Labute approximate surface area is 120 Å². The molecule has 0 radical (unpaired) electrons. The van der Waals surface area contributed by atoms with Crippen LogP contribution in [0.4, 0.5) is 5.69 Å². The summed E-state index contributed by atoms with van der Waals surface area (Å²) in [6.07, 6.45) is 4.72. The SMILES string of the molecule is CCc1cccc2c1N=C/C2=C\c1sc(=S)[nH]c1O. The van der Waals surface area contributed by atoms with Gasteiger partial charge in [-0.3, -0.25) is 4.99 Å². The number of nitrogens with zero attached hydrogens (tertiary/aromatic N) is 1. The van der Waals surface area contributed by atoms with Crippen molar-refractivity contribution in [1.82, 2.24) is 4.98 Å². The number of benzene rings is 1. The third-order valence-electron chi connectivity index (χ3n) is 3.09. The molecule has 0 aliphatic carbocycles. The predicted octanol–water partition coefficient (Wildman–Crippen LogP) is 4.33. The molecule has 0 spiro atoms. The number of H-pyrrole nitrogens is 1. The zero-order valence-corrected chi connectivity index (χ0v) is 11.9. The molecule has 2 heterocycles. The van der Waals surface area contributed by atoms with Gasteiger partial charge in [-0.2, -0.15) is 0 Å². The largest absolute Gasteiger partial charge is 0.494 e. The van der Waals surface area contributed by atoms with E-state index in [1.165, 1.54) is 16.9 Å². The van der Waals surface area contributed by atoms with Gasteiger partial charge < -0.3 is 10.1 Å². The van der Waals surface area contributed by atoms with Gasteiger partial charge in [0.25, 0.3) is 0 Å². The lowest BCUT2D eigenvalue weighted by atomic mass is 10.0. The lowest BCUT2D eigenvalue weighted by molar-refractivity contribution is 0.456. The molecule has 0 atom stereocenters. The number of aromatic amines is 1. The van der Waals surface area contributed by atoms with E-state index < -0.39 is 0 Å². The standard InChI is InChI=1S/C14H12N2OS2/c1-2-8-4-3-5-10-9(7-15-12(8)10)6-11-13(17)16-14(18)19-11/h3-7,17H,2H2,1H3,(H,16,18)/b9-6+. The minimum absolute atomic E-state index is 0.121. The van der Waals surface area contributed by atoms with Crippen molar-refractivity contribution in [3.8, 4) is 5.88 Å². The number of hydrogen-bond acceptors (Lipinski definition) is 4. The summed E-state index contributed by atoms with van der Waals surface area (Å²) in [4.78, 5) is 7.94. The van der Waals surface area contributed by atoms with Crippen molar-refractivity contribution >= 4 is 47.1 Å². The van der Waals surface area contributed by atoms with E-state index in [4.69, 9.17) is 12.2 Å². The van der Waals surface area contributed by atoms with Crippen LogP contribution in [0.2, 0.25) is 0 Å². The quantitative estimate of drug-likeness (QED) is 0.808. The topological polar surface area (TPSA) is 48.4 Å². The van der Waals surface area contributed by atoms with Crippen molar-refractivity contribution in [2.75, 3.05) is 0 Å². The second-order valence-corrected chi connectivity index (χ2v) is 5.97. The molecule has 1 aliphatic rings. The molecule has 0 unspecified atom stereocenters. The highest BCUT2D eigenvalue weighted by atomic mass is 32.1. The van der Waals surface area contributed by atoms with Gasteiger partial charge in [-0.1, -0.05) is 25.1 Å². The summed E-state index contributed by atoms with van der Waals surface area (Å²) in [5, 5.41) is 9.74. The fraction of sp³-hybridized carbons (Fsp3) is 0.143. The van der Waals surface area contributed by atoms with Gasteiger partial charge in [0.05, 0.1) is 10.6 Å². The molecule has 1 aliphatic heterocycles. The van der Waals surface area contributed by atoms with Crippen LogP contribution in [0.25, 0.3) is 11.6 Å². The zero-order valence-electron chi connectivity index (χ0n) is 10.3. The molecule has 19 heavy (non-hydrogen) atoms. The summed E-state index contributed by atoms with van der Waals surface area (Å²) in [7, 11) is 0. The highest BCUT2D eigenvalue weighted by Crippen LogP contribution is 2.37. The van der Waals surface area contributed by atoms with E-state index in [9.17, 15) is 5.11 Å². The molecule has 1 aromatic carbocycles. The summed E-state index contributed by atoms with van der Waals surface area (Å²) in [6, 6.07) is 6.19. The van der Waals surface area contributed by atoms with Crippen LogP contribution in [0.3, 0.4) is 0 Å². The van der Waals surface area contributed by atoms with Crippen molar-refractivity contribution in [2.45, 2.75) is 13.3 Å². The van der Waals surface area contributed by atoms with E-state index in [1.54, 1.807) is 0 Å². The fourth-order valence-corrected chi connectivity index (χ4v) is 3.20. The Morgan fingerprint density at radius 1 is 1.47 bits per heavy atom. The molecule has 2 aromatic rings. The predicted molar refractivity (Wildman–Crippen MR) is 83.0 cm³/mol. The van der Waals surface area contributed by atoms with Gasteiger partial charge in [-0.15, -0.1) is 11.3 Å². The average molecular weight is 288 g/mol. The molecule has 3 nitrogen and oxygen atoms in total. The van der Waals surface area contributed by atoms with Crippen LogP contribution in [-0.2, 0) is 6.42 Å². The van der Waals surface area contributed by atoms with Gasteiger partial charge in [-0.05, 0) is 30.3 Å². The number of para-hydroxylation sites is 1. The minimum atomic E-state index is 0.121. The van der Waals surface area contributed by atoms with Crippen LogP contribution in [0.1, 0.15) is 22.9 Å². The maximum absolute atomic E-state index is 9.74. The molecule has 1 aromatic heterocycles. The Balaban J connectivity index is 2.10. The summed E-state index contributed by atoms with van der Waals surface area (Å²) < 4.78 is 0.571. The first kappa shape index (κ1) is 12.3. The number of aryl methyl sites for hydroxylation is 1. The van der Waals surface area contributed by atoms with Crippen LogP contribution >= 0.6 is 23.6 Å². The Hall–Kier alpha value is -1.72. The molecule has 0 bridgehead atoms. The van der Waals surface area contributed by atoms with Crippen LogP contribution in [0.15, 0.2) is 23.2 Å². The summed E-state index contributed by atoms with van der Waals surface area (Å²) >= 11 is 6.38. The van der Waals surface area contributed by atoms with Gasteiger partial charge in [0.15, 0.2) is 3.95 Å². The summed E-state index contributed by atoms with van der Waals surface area (Å²) in [5.41, 5.74) is 4.39. The number of thiazole rings is 1. The van der Waals surface area contributed by atoms with E-state index in [0.717, 1.165) is 28.1 Å². The maximum atomic E-state index is 9.74. The summed E-state index contributed by atoms with van der Waals surface area (Å²) in [6.45, 7) is 2.12. The van der Waals surface area contributed by atoms with Crippen molar-refractivity contribution in [2.24, 2.45) is 4.99 Å². The minimum Gasteiger partial charge on any atom is -0.494 e. The van der Waals surface area contributed by atoms with Crippen LogP contribution in [0.5, 0.6) is 5.88 Å². The van der Waals surface area contributed by atoms with Crippen LogP contribution in [-0.4, -0.2) is 16.3 Å². The van der Waals surface area contributed by atoms with Gasteiger partial charge in [-0.25, -0.2) is 0 Å². The fourth-order valence-electron chi connectivity index (χ4n) is 2.15. The number of hydrogen-bond donors (Lipinski definition) is 2. The molecular formula is C14H12N2OS2. The lowest BCUT2D eigenvalue weighted by Crippen LogP contribution is -1.84. The van der Waals surface area contributed by atoms with Crippen LogP contribution < -0.4 is 0 Å². The molecule has 0 amide bonds. The smallest absolute Gasteiger partial charge is 0.207 e. The van der Waals surface area contributed by atoms with Crippen molar-refractivity contribution in [3.63, 3.8) is 0 Å².